The standard InChI is InChI=1S/C29H33FN2O4/c1-3-36-29(35)28-20(2)32(26(33)18-24(28)23-11-7-8-12-25(23)30)19-27(34)31-15-13-22(14-16-31)17-21-9-5-4-6-10-21/h4-12,22,24H,3,13-19H2,1-2H3. The Kier molecular flexibility index (Phi) is 8.18. The first-order chi connectivity index (χ1) is 17.4. The van der Waals surface area contributed by atoms with Crippen molar-refractivity contribution in [2.24, 2.45) is 5.92 Å². The third-order valence-corrected chi connectivity index (χ3v) is 7.23. The minimum absolute atomic E-state index is 0.0984. The molecule has 7 heteroatoms. The molecule has 2 aliphatic heterocycles. The van der Waals surface area contributed by atoms with E-state index in [9.17, 15) is 18.8 Å². The molecular formula is C29H33FN2O4. The predicted molar refractivity (Wildman–Crippen MR) is 134 cm³/mol. The number of carbonyl (C=O) groups excluding carboxylic acids is 3. The van der Waals surface area contributed by atoms with Gasteiger partial charge in [0, 0.05) is 31.1 Å². The Bertz CT molecular complexity index is 1140. The van der Waals surface area contributed by atoms with Gasteiger partial charge in [-0.1, -0.05) is 48.5 Å². The van der Waals surface area contributed by atoms with Gasteiger partial charge in [0.1, 0.15) is 12.4 Å². The van der Waals surface area contributed by atoms with Gasteiger partial charge in [-0.05, 0) is 56.2 Å². The van der Waals surface area contributed by atoms with Crippen LogP contribution in [0.15, 0.2) is 65.9 Å². The number of carbonyl (C=O) groups is 3. The maximum Gasteiger partial charge on any atom is 0.336 e. The second-order valence-electron chi connectivity index (χ2n) is 9.49. The van der Waals surface area contributed by atoms with Crippen molar-refractivity contribution >= 4 is 17.8 Å². The lowest BCUT2D eigenvalue weighted by Gasteiger charge is -2.37. The van der Waals surface area contributed by atoms with Gasteiger partial charge in [-0.15, -0.1) is 0 Å². The van der Waals surface area contributed by atoms with Crippen molar-refractivity contribution in [3.8, 4) is 0 Å². The highest BCUT2D eigenvalue weighted by Gasteiger charge is 2.39. The van der Waals surface area contributed by atoms with Crippen molar-refractivity contribution < 1.29 is 23.5 Å². The average Bonchev–Trinajstić information content (AvgIpc) is 2.87. The van der Waals surface area contributed by atoms with Crippen molar-refractivity contribution in [2.75, 3.05) is 26.2 Å². The minimum atomic E-state index is -0.752. The Morgan fingerprint density at radius 1 is 1.03 bits per heavy atom. The van der Waals surface area contributed by atoms with Crippen LogP contribution >= 0.6 is 0 Å². The van der Waals surface area contributed by atoms with E-state index in [1.807, 2.05) is 18.2 Å². The fraction of sp³-hybridized carbons (Fsp3) is 0.414. The fourth-order valence-electron chi connectivity index (χ4n) is 5.27. The zero-order chi connectivity index (χ0) is 25.7. The van der Waals surface area contributed by atoms with E-state index in [4.69, 9.17) is 4.74 Å². The van der Waals surface area contributed by atoms with Gasteiger partial charge < -0.3 is 14.5 Å². The van der Waals surface area contributed by atoms with Crippen LogP contribution < -0.4 is 0 Å². The van der Waals surface area contributed by atoms with Crippen molar-refractivity contribution in [3.63, 3.8) is 0 Å². The summed E-state index contributed by atoms with van der Waals surface area (Å²) in [5, 5.41) is 0. The van der Waals surface area contributed by atoms with Crippen LogP contribution in [-0.2, 0) is 25.5 Å². The van der Waals surface area contributed by atoms with Crippen molar-refractivity contribution in [2.45, 2.75) is 45.4 Å². The maximum atomic E-state index is 14.6. The molecule has 190 valence electrons. The normalized spacial score (nSPS) is 19.0. The number of hydrogen-bond acceptors (Lipinski definition) is 4. The Balaban J connectivity index is 1.47. The second-order valence-corrected chi connectivity index (χ2v) is 9.49. The summed E-state index contributed by atoms with van der Waals surface area (Å²) in [6, 6.07) is 16.5. The Labute approximate surface area is 211 Å². The third-order valence-electron chi connectivity index (χ3n) is 7.23. The SMILES string of the molecule is CCOC(=O)C1=C(C)N(CC(=O)N2CCC(Cc3ccccc3)CC2)C(=O)CC1c1ccccc1F. The molecule has 2 heterocycles. The molecule has 1 unspecified atom stereocenters. The maximum absolute atomic E-state index is 14.6. The van der Waals surface area contributed by atoms with Crippen molar-refractivity contribution in [3.05, 3.63) is 82.8 Å². The first-order valence-corrected chi connectivity index (χ1v) is 12.6. The molecule has 1 fully saturated rings. The summed E-state index contributed by atoms with van der Waals surface area (Å²) < 4.78 is 19.9. The number of likely N-dealkylation sites (tertiary alicyclic amines) is 1. The molecule has 2 aromatic carbocycles. The van der Waals surface area contributed by atoms with E-state index >= 15 is 0 Å². The molecule has 1 atom stereocenters. The lowest BCUT2D eigenvalue weighted by atomic mass is 9.83. The molecule has 1 saturated heterocycles. The molecule has 2 aliphatic rings. The zero-order valence-corrected chi connectivity index (χ0v) is 20.9. The van der Waals surface area contributed by atoms with Crippen LogP contribution in [0.3, 0.4) is 0 Å². The Morgan fingerprint density at radius 2 is 1.69 bits per heavy atom. The van der Waals surface area contributed by atoms with Crippen LogP contribution in [0.2, 0.25) is 0 Å². The molecule has 0 N–H and O–H groups in total. The van der Waals surface area contributed by atoms with E-state index in [-0.39, 0.29) is 42.5 Å². The molecule has 0 radical (unpaired) electrons. The van der Waals surface area contributed by atoms with Gasteiger partial charge in [0.15, 0.2) is 0 Å². The van der Waals surface area contributed by atoms with Gasteiger partial charge in [-0.3, -0.25) is 9.59 Å². The number of nitrogens with zero attached hydrogens (tertiary/aromatic N) is 2. The Hall–Kier alpha value is -3.48. The summed E-state index contributed by atoms with van der Waals surface area (Å²) in [4.78, 5) is 42.4. The first-order valence-electron chi connectivity index (χ1n) is 12.6. The molecule has 2 aromatic rings. The number of benzene rings is 2. The molecule has 6 nitrogen and oxygen atoms in total. The number of ether oxygens (including phenoxy) is 1. The van der Waals surface area contributed by atoms with Crippen LogP contribution in [0.1, 0.15) is 50.2 Å². The van der Waals surface area contributed by atoms with E-state index < -0.39 is 17.7 Å². The van der Waals surface area contributed by atoms with E-state index in [2.05, 4.69) is 12.1 Å². The molecule has 2 amide bonds. The van der Waals surface area contributed by atoms with Gasteiger partial charge in [0.05, 0.1) is 12.2 Å². The summed E-state index contributed by atoms with van der Waals surface area (Å²) >= 11 is 0. The summed E-state index contributed by atoms with van der Waals surface area (Å²) in [6.45, 7) is 4.64. The number of rotatable bonds is 7. The number of piperidine rings is 1. The van der Waals surface area contributed by atoms with Gasteiger partial charge in [-0.2, -0.15) is 0 Å². The second kappa shape index (κ2) is 11.5. The van der Waals surface area contributed by atoms with Crippen molar-refractivity contribution in [1.82, 2.24) is 9.80 Å². The number of halogens is 1. The monoisotopic (exact) mass is 492 g/mol. The zero-order valence-electron chi connectivity index (χ0n) is 20.9. The molecule has 0 aliphatic carbocycles. The van der Waals surface area contributed by atoms with Crippen LogP contribution in [-0.4, -0.2) is 53.8 Å². The van der Waals surface area contributed by atoms with E-state index in [1.54, 1.807) is 36.9 Å². The van der Waals surface area contributed by atoms with Gasteiger partial charge in [0.25, 0.3) is 0 Å². The fourth-order valence-corrected chi connectivity index (χ4v) is 5.27. The number of esters is 1. The van der Waals surface area contributed by atoms with Crippen LogP contribution in [0, 0.1) is 11.7 Å². The summed E-state index contributed by atoms with van der Waals surface area (Å²) in [5.41, 5.74) is 2.17. The lowest BCUT2D eigenvalue weighted by molar-refractivity contribution is -0.143. The number of hydrogen-bond donors (Lipinski definition) is 0. The Morgan fingerprint density at radius 3 is 2.36 bits per heavy atom. The van der Waals surface area contributed by atoms with E-state index in [1.165, 1.54) is 16.5 Å². The van der Waals surface area contributed by atoms with Crippen molar-refractivity contribution in [1.29, 1.82) is 0 Å². The molecule has 0 bridgehead atoms. The molecule has 0 aromatic heterocycles. The summed E-state index contributed by atoms with van der Waals surface area (Å²) in [6.07, 6.45) is 2.72. The van der Waals surface area contributed by atoms with Gasteiger partial charge >= 0.3 is 5.97 Å². The lowest BCUT2D eigenvalue weighted by Crippen LogP contribution is -2.47. The summed E-state index contributed by atoms with van der Waals surface area (Å²) in [7, 11) is 0. The minimum Gasteiger partial charge on any atom is -0.463 e. The van der Waals surface area contributed by atoms with Crippen LogP contribution in [0.5, 0.6) is 0 Å². The highest BCUT2D eigenvalue weighted by molar-refractivity contribution is 5.97. The first kappa shape index (κ1) is 25.6. The topological polar surface area (TPSA) is 66.9 Å². The molecular weight excluding hydrogens is 459 g/mol. The largest absolute Gasteiger partial charge is 0.463 e. The highest BCUT2D eigenvalue weighted by atomic mass is 19.1. The van der Waals surface area contributed by atoms with Gasteiger partial charge in [0.2, 0.25) is 11.8 Å². The molecule has 0 saturated carbocycles. The summed E-state index contributed by atoms with van der Waals surface area (Å²) in [5.74, 6) is -1.75. The van der Waals surface area contributed by atoms with Crippen LogP contribution in [0.25, 0.3) is 0 Å². The predicted octanol–water partition coefficient (Wildman–Crippen LogP) is 4.46. The quantitative estimate of drug-likeness (QED) is 0.536. The van der Waals surface area contributed by atoms with Gasteiger partial charge in [-0.25, -0.2) is 9.18 Å². The van der Waals surface area contributed by atoms with E-state index in [0.29, 0.717) is 24.7 Å². The average molecular weight is 493 g/mol. The molecule has 36 heavy (non-hydrogen) atoms. The highest BCUT2D eigenvalue weighted by Crippen LogP contribution is 2.38. The van der Waals surface area contributed by atoms with Crippen LogP contribution in [0.4, 0.5) is 4.39 Å². The number of amides is 2. The molecule has 4 rings (SSSR count). The van der Waals surface area contributed by atoms with E-state index in [0.717, 1.165) is 19.3 Å². The third kappa shape index (κ3) is 5.66. The smallest absolute Gasteiger partial charge is 0.336 e. The number of allylic oxidation sites excluding steroid dienone is 1. The molecule has 0 spiro atoms.